The van der Waals surface area contributed by atoms with Crippen LogP contribution >= 0.6 is 11.8 Å². The molecule has 0 aliphatic heterocycles. The summed E-state index contributed by atoms with van der Waals surface area (Å²) in [5.74, 6) is 0.216. The van der Waals surface area contributed by atoms with Gasteiger partial charge in [-0.1, -0.05) is 17.8 Å². The SMILES string of the molecule is Cc1ccc(-n2ccnc2SCC(=O)NCC2(O)CCC2)cc1C. The van der Waals surface area contributed by atoms with Gasteiger partial charge in [-0.15, -0.1) is 0 Å². The maximum Gasteiger partial charge on any atom is 0.230 e. The summed E-state index contributed by atoms with van der Waals surface area (Å²) >= 11 is 1.40. The van der Waals surface area contributed by atoms with Gasteiger partial charge in [0.05, 0.1) is 11.4 Å². The van der Waals surface area contributed by atoms with Crippen molar-refractivity contribution >= 4 is 17.7 Å². The molecule has 1 aromatic heterocycles. The smallest absolute Gasteiger partial charge is 0.230 e. The number of aromatic nitrogens is 2. The van der Waals surface area contributed by atoms with Gasteiger partial charge in [-0.2, -0.15) is 0 Å². The van der Waals surface area contributed by atoms with Gasteiger partial charge in [0, 0.05) is 24.6 Å². The summed E-state index contributed by atoms with van der Waals surface area (Å²) in [7, 11) is 0. The normalized spacial score (nSPS) is 15.8. The Morgan fingerprint density at radius 3 is 2.83 bits per heavy atom. The van der Waals surface area contributed by atoms with E-state index in [0.717, 1.165) is 30.1 Å². The lowest BCUT2D eigenvalue weighted by molar-refractivity contribution is -0.121. The first-order chi connectivity index (χ1) is 11.5. The molecule has 0 spiro atoms. The van der Waals surface area contributed by atoms with E-state index in [1.807, 2.05) is 10.8 Å². The number of nitrogens with one attached hydrogen (secondary N) is 1. The summed E-state index contributed by atoms with van der Waals surface area (Å²) in [4.78, 5) is 16.3. The molecular formula is C18H23N3O2S. The molecule has 24 heavy (non-hydrogen) atoms. The first kappa shape index (κ1) is 17.0. The molecule has 128 valence electrons. The van der Waals surface area contributed by atoms with Gasteiger partial charge in [0.1, 0.15) is 0 Å². The van der Waals surface area contributed by atoms with Crippen LogP contribution in [0.25, 0.3) is 5.69 Å². The number of aryl methyl sites for hydroxylation is 2. The minimum atomic E-state index is -0.682. The van der Waals surface area contributed by atoms with E-state index < -0.39 is 5.60 Å². The first-order valence-electron chi connectivity index (χ1n) is 8.20. The first-order valence-corrected chi connectivity index (χ1v) is 9.18. The summed E-state index contributed by atoms with van der Waals surface area (Å²) in [5.41, 5.74) is 2.84. The predicted octanol–water partition coefficient (Wildman–Crippen LogP) is 2.61. The number of thioether (sulfide) groups is 1. The Morgan fingerprint density at radius 2 is 2.17 bits per heavy atom. The number of amides is 1. The van der Waals surface area contributed by atoms with Crippen molar-refractivity contribution in [3.63, 3.8) is 0 Å². The molecule has 0 saturated heterocycles. The summed E-state index contributed by atoms with van der Waals surface area (Å²) in [5, 5.41) is 13.6. The van der Waals surface area contributed by atoms with Crippen molar-refractivity contribution in [1.82, 2.24) is 14.9 Å². The maximum atomic E-state index is 12.0. The number of rotatable bonds is 6. The topological polar surface area (TPSA) is 67.2 Å². The molecule has 2 N–H and O–H groups in total. The van der Waals surface area contributed by atoms with Gasteiger partial charge in [0.2, 0.25) is 5.91 Å². The molecule has 6 heteroatoms. The lowest BCUT2D eigenvalue weighted by atomic mass is 9.80. The minimum absolute atomic E-state index is 0.0741. The van der Waals surface area contributed by atoms with Crippen molar-refractivity contribution in [2.24, 2.45) is 0 Å². The van der Waals surface area contributed by atoms with E-state index in [1.54, 1.807) is 6.20 Å². The molecular weight excluding hydrogens is 322 g/mol. The Labute approximate surface area is 146 Å². The van der Waals surface area contributed by atoms with Crippen molar-refractivity contribution in [1.29, 1.82) is 0 Å². The fraction of sp³-hybridized carbons (Fsp3) is 0.444. The lowest BCUT2D eigenvalue weighted by Crippen LogP contribution is -2.48. The average molecular weight is 345 g/mol. The lowest BCUT2D eigenvalue weighted by Gasteiger charge is -2.36. The second kappa shape index (κ2) is 6.99. The molecule has 1 heterocycles. The highest BCUT2D eigenvalue weighted by molar-refractivity contribution is 7.99. The van der Waals surface area contributed by atoms with Crippen LogP contribution in [0.3, 0.4) is 0 Å². The zero-order chi connectivity index (χ0) is 17.2. The largest absolute Gasteiger partial charge is 0.388 e. The summed E-state index contributed by atoms with van der Waals surface area (Å²) in [6.07, 6.45) is 6.23. The summed E-state index contributed by atoms with van der Waals surface area (Å²) < 4.78 is 1.99. The molecule has 1 saturated carbocycles. The molecule has 3 rings (SSSR count). The number of carbonyl (C=O) groups is 1. The fourth-order valence-electron chi connectivity index (χ4n) is 2.67. The zero-order valence-electron chi connectivity index (χ0n) is 14.1. The Kier molecular flexibility index (Phi) is 4.96. The number of imidazole rings is 1. The van der Waals surface area contributed by atoms with Crippen molar-refractivity contribution in [3.05, 3.63) is 41.7 Å². The van der Waals surface area contributed by atoms with Gasteiger partial charge in [-0.25, -0.2) is 4.98 Å². The zero-order valence-corrected chi connectivity index (χ0v) is 14.9. The molecule has 0 radical (unpaired) electrons. The van der Waals surface area contributed by atoms with Gasteiger partial charge in [0.15, 0.2) is 5.16 Å². The van der Waals surface area contributed by atoms with Crippen LogP contribution in [0.5, 0.6) is 0 Å². The molecule has 5 nitrogen and oxygen atoms in total. The number of hydrogen-bond acceptors (Lipinski definition) is 4. The highest BCUT2D eigenvalue weighted by Crippen LogP contribution is 2.30. The second-order valence-electron chi connectivity index (χ2n) is 6.49. The van der Waals surface area contributed by atoms with Crippen molar-refractivity contribution in [2.75, 3.05) is 12.3 Å². The van der Waals surface area contributed by atoms with Crippen LogP contribution in [0.1, 0.15) is 30.4 Å². The van der Waals surface area contributed by atoms with E-state index in [0.29, 0.717) is 6.54 Å². The summed E-state index contributed by atoms with van der Waals surface area (Å²) in [6.45, 7) is 4.52. The molecule has 1 aromatic carbocycles. The van der Waals surface area contributed by atoms with Crippen LogP contribution < -0.4 is 5.32 Å². The average Bonchev–Trinajstić information content (AvgIpc) is 3.00. The van der Waals surface area contributed by atoms with E-state index in [1.165, 1.54) is 22.9 Å². The monoisotopic (exact) mass is 345 g/mol. The third-order valence-corrected chi connectivity index (χ3v) is 5.57. The third kappa shape index (κ3) is 3.82. The molecule has 0 atom stereocenters. The molecule has 2 aromatic rings. The summed E-state index contributed by atoms with van der Waals surface area (Å²) in [6, 6.07) is 6.26. The molecule has 1 fully saturated rings. The van der Waals surface area contributed by atoms with Crippen molar-refractivity contribution in [3.8, 4) is 5.69 Å². The molecule has 1 aliphatic carbocycles. The second-order valence-corrected chi connectivity index (χ2v) is 7.43. The predicted molar refractivity (Wildman–Crippen MR) is 95.6 cm³/mol. The Bertz CT molecular complexity index is 738. The minimum Gasteiger partial charge on any atom is -0.388 e. The highest BCUT2D eigenvalue weighted by Gasteiger charge is 2.34. The number of benzene rings is 1. The van der Waals surface area contributed by atoms with Crippen LogP contribution in [0.4, 0.5) is 0 Å². The number of nitrogens with zero attached hydrogens (tertiary/aromatic N) is 2. The Hall–Kier alpha value is -1.79. The van der Waals surface area contributed by atoms with E-state index in [9.17, 15) is 9.90 Å². The Balaban J connectivity index is 1.59. The van der Waals surface area contributed by atoms with E-state index in [2.05, 4.69) is 42.3 Å². The van der Waals surface area contributed by atoms with Crippen LogP contribution in [-0.4, -0.2) is 38.5 Å². The fourth-order valence-corrected chi connectivity index (χ4v) is 3.48. The van der Waals surface area contributed by atoms with Gasteiger partial charge in [0.25, 0.3) is 0 Å². The quantitative estimate of drug-likeness (QED) is 0.790. The van der Waals surface area contributed by atoms with Gasteiger partial charge in [-0.3, -0.25) is 9.36 Å². The Morgan fingerprint density at radius 1 is 1.38 bits per heavy atom. The third-order valence-electron chi connectivity index (χ3n) is 4.61. The van der Waals surface area contributed by atoms with Crippen molar-refractivity contribution in [2.45, 2.75) is 43.9 Å². The molecule has 1 amide bonds. The van der Waals surface area contributed by atoms with Crippen LogP contribution in [0.2, 0.25) is 0 Å². The maximum absolute atomic E-state index is 12.0. The number of carbonyl (C=O) groups excluding carboxylic acids is 1. The van der Waals surface area contributed by atoms with E-state index in [4.69, 9.17) is 0 Å². The number of hydrogen-bond donors (Lipinski definition) is 2. The van der Waals surface area contributed by atoms with Gasteiger partial charge >= 0.3 is 0 Å². The number of aliphatic hydroxyl groups is 1. The van der Waals surface area contributed by atoms with Crippen LogP contribution in [0, 0.1) is 13.8 Å². The van der Waals surface area contributed by atoms with Crippen molar-refractivity contribution < 1.29 is 9.90 Å². The van der Waals surface area contributed by atoms with E-state index in [-0.39, 0.29) is 11.7 Å². The van der Waals surface area contributed by atoms with Gasteiger partial charge < -0.3 is 10.4 Å². The molecule has 1 aliphatic rings. The molecule has 0 bridgehead atoms. The van der Waals surface area contributed by atoms with E-state index >= 15 is 0 Å². The standard InChI is InChI=1S/C18H23N3O2S/c1-13-4-5-15(10-14(13)2)21-9-8-19-17(21)24-11-16(22)20-12-18(23)6-3-7-18/h4-5,8-10,23H,3,6-7,11-12H2,1-2H3,(H,20,22). The molecule has 0 unspecified atom stereocenters. The van der Waals surface area contributed by atoms with Gasteiger partial charge in [-0.05, 0) is 56.4 Å². The van der Waals surface area contributed by atoms with Crippen LogP contribution in [-0.2, 0) is 4.79 Å². The highest BCUT2D eigenvalue weighted by atomic mass is 32.2. The van der Waals surface area contributed by atoms with Crippen LogP contribution in [0.15, 0.2) is 35.7 Å².